The summed E-state index contributed by atoms with van der Waals surface area (Å²) in [6.45, 7) is 7.64. The van der Waals surface area contributed by atoms with E-state index in [1.165, 1.54) is 0 Å². The van der Waals surface area contributed by atoms with E-state index in [1.54, 1.807) is 37.3 Å². The first kappa shape index (κ1) is 22.6. The molecule has 1 aromatic heterocycles. The number of aryl methyl sites for hydroxylation is 2. The Hall–Kier alpha value is -3.09. The van der Waals surface area contributed by atoms with Gasteiger partial charge in [0.2, 0.25) is 0 Å². The summed E-state index contributed by atoms with van der Waals surface area (Å²) in [7, 11) is 0. The summed E-state index contributed by atoms with van der Waals surface area (Å²) in [5.41, 5.74) is 1.48. The highest BCUT2D eigenvalue weighted by Crippen LogP contribution is 2.36. The number of halogens is 3. The molecular formula is C24H26F3N3O. The van der Waals surface area contributed by atoms with Crippen molar-refractivity contribution in [2.24, 2.45) is 0 Å². The maximum atomic E-state index is 14.1. The van der Waals surface area contributed by atoms with Crippen LogP contribution in [-0.2, 0) is 12.6 Å². The van der Waals surface area contributed by atoms with Crippen molar-refractivity contribution in [3.8, 4) is 5.69 Å². The topological polar surface area (TPSA) is 46.9 Å². The van der Waals surface area contributed by atoms with Gasteiger partial charge < -0.3 is 5.32 Å². The number of carbonyl (C=O) groups excluding carboxylic acids is 1. The molecule has 0 fully saturated rings. The number of carbonyl (C=O) groups is 1. The zero-order valence-corrected chi connectivity index (χ0v) is 18.0. The van der Waals surface area contributed by atoms with Crippen molar-refractivity contribution in [1.29, 1.82) is 0 Å². The van der Waals surface area contributed by atoms with Gasteiger partial charge in [0.1, 0.15) is 6.33 Å². The van der Waals surface area contributed by atoms with Crippen LogP contribution in [0.15, 0.2) is 48.8 Å². The van der Waals surface area contributed by atoms with E-state index in [0.29, 0.717) is 23.4 Å². The molecule has 0 aliphatic heterocycles. The number of anilines is 1. The van der Waals surface area contributed by atoms with E-state index in [9.17, 15) is 18.0 Å². The summed E-state index contributed by atoms with van der Waals surface area (Å²) in [6.07, 6.45) is -2.29. The van der Waals surface area contributed by atoms with E-state index >= 15 is 0 Å². The normalized spacial score (nSPS) is 12.6. The van der Waals surface area contributed by atoms with Crippen LogP contribution in [0, 0.1) is 6.92 Å². The molecule has 0 bridgehead atoms. The van der Waals surface area contributed by atoms with E-state index in [1.807, 2.05) is 32.9 Å². The fourth-order valence-corrected chi connectivity index (χ4v) is 3.75. The third-order valence-corrected chi connectivity index (χ3v) is 5.55. The zero-order valence-electron chi connectivity index (χ0n) is 18.0. The number of aromatic nitrogens is 2. The predicted molar refractivity (Wildman–Crippen MR) is 116 cm³/mol. The van der Waals surface area contributed by atoms with Crippen molar-refractivity contribution in [3.63, 3.8) is 0 Å². The van der Waals surface area contributed by atoms with Crippen LogP contribution >= 0.6 is 0 Å². The monoisotopic (exact) mass is 429 g/mol. The molecule has 1 heterocycles. The molecule has 164 valence electrons. The van der Waals surface area contributed by atoms with E-state index in [-0.39, 0.29) is 5.92 Å². The molecule has 3 rings (SSSR count). The number of amides is 1. The first-order valence-corrected chi connectivity index (χ1v) is 10.3. The highest BCUT2D eigenvalue weighted by atomic mass is 19.4. The van der Waals surface area contributed by atoms with Crippen molar-refractivity contribution < 1.29 is 18.0 Å². The number of imidazole rings is 1. The molecule has 1 N–H and O–H groups in total. The van der Waals surface area contributed by atoms with Crippen LogP contribution in [0.3, 0.4) is 0 Å². The van der Waals surface area contributed by atoms with Gasteiger partial charge in [0, 0.05) is 5.69 Å². The number of nitrogens with zero attached hydrogens (tertiary/aromatic N) is 2. The highest BCUT2D eigenvalue weighted by Gasteiger charge is 2.41. The van der Waals surface area contributed by atoms with Gasteiger partial charge in [-0.15, -0.1) is 0 Å². The Labute approximate surface area is 180 Å². The van der Waals surface area contributed by atoms with Crippen molar-refractivity contribution >= 4 is 11.6 Å². The van der Waals surface area contributed by atoms with Gasteiger partial charge in [0.05, 0.1) is 5.69 Å². The van der Waals surface area contributed by atoms with E-state index < -0.39 is 23.5 Å². The Morgan fingerprint density at radius 2 is 1.84 bits per heavy atom. The van der Waals surface area contributed by atoms with Gasteiger partial charge in [-0.25, -0.2) is 4.98 Å². The van der Waals surface area contributed by atoms with Crippen molar-refractivity contribution in [1.82, 2.24) is 9.55 Å². The minimum Gasteiger partial charge on any atom is -0.320 e. The van der Waals surface area contributed by atoms with Crippen molar-refractivity contribution in [2.75, 3.05) is 5.32 Å². The minimum atomic E-state index is -4.76. The smallest absolute Gasteiger partial charge is 0.320 e. The fraction of sp³-hybridized carbons (Fsp3) is 0.333. The molecule has 0 aliphatic carbocycles. The maximum Gasteiger partial charge on any atom is 0.434 e. The molecule has 31 heavy (non-hydrogen) atoms. The lowest BCUT2D eigenvalue weighted by Gasteiger charge is -2.18. The number of nitrogens with one attached hydrogen (secondary N) is 1. The Morgan fingerprint density at radius 3 is 2.48 bits per heavy atom. The standard InChI is InChI=1S/C24H26F3N3O/c1-5-15(3)18-12-7-8-13-19(18)29-23(31)20-22(24(25,26)27)30(14-28-20)21-16(4)10-9-11-17(21)6-2/h7-15H,5-6H2,1-4H3,(H,29,31). The van der Waals surface area contributed by atoms with E-state index in [2.05, 4.69) is 10.3 Å². The highest BCUT2D eigenvalue weighted by molar-refractivity contribution is 6.04. The molecule has 0 radical (unpaired) electrons. The van der Waals surface area contributed by atoms with Crippen molar-refractivity contribution in [3.05, 3.63) is 76.9 Å². The number of rotatable bonds is 6. The van der Waals surface area contributed by atoms with Crippen LogP contribution in [0.2, 0.25) is 0 Å². The van der Waals surface area contributed by atoms with Crippen LogP contribution in [0.25, 0.3) is 5.69 Å². The van der Waals surface area contributed by atoms with Gasteiger partial charge in [0.25, 0.3) is 5.91 Å². The second-order valence-electron chi connectivity index (χ2n) is 7.60. The largest absolute Gasteiger partial charge is 0.434 e. The van der Waals surface area contributed by atoms with Gasteiger partial charge in [-0.05, 0) is 48.4 Å². The molecule has 4 nitrogen and oxygen atoms in total. The van der Waals surface area contributed by atoms with Gasteiger partial charge in [-0.3, -0.25) is 9.36 Å². The molecule has 0 saturated carbocycles. The van der Waals surface area contributed by atoms with Crippen LogP contribution in [-0.4, -0.2) is 15.5 Å². The predicted octanol–water partition coefficient (Wildman–Crippen LogP) is 6.53. The second-order valence-corrected chi connectivity index (χ2v) is 7.60. The van der Waals surface area contributed by atoms with Gasteiger partial charge in [-0.1, -0.05) is 57.2 Å². The number of benzene rings is 2. The quantitative estimate of drug-likeness (QED) is 0.484. The zero-order chi connectivity index (χ0) is 22.8. The lowest BCUT2D eigenvalue weighted by atomic mass is 9.97. The summed E-state index contributed by atoms with van der Waals surface area (Å²) in [5, 5.41) is 2.65. The molecular weight excluding hydrogens is 403 g/mol. The molecule has 7 heteroatoms. The number of hydrogen-bond donors (Lipinski definition) is 1. The van der Waals surface area contributed by atoms with Crippen LogP contribution in [0.5, 0.6) is 0 Å². The SMILES string of the molecule is CCc1cccc(C)c1-n1cnc(C(=O)Nc2ccccc2C(C)CC)c1C(F)(F)F. The Bertz CT molecular complexity index is 1090. The summed E-state index contributed by atoms with van der Waals surface area (Å²) < 4.78 is 43.3. The summed E-state index contributed by atoms with van der Waals surface area (Å²) in [6, 6.07) is 12.5. The number of hydrogen-bond acceptors (Lipinski definition) is 2. The minimum absolute atomic E-state index is 0.148. The Balaban J connectivity index is 2.10. The maximum absolute atomic E-state index is 14.1. The second kappa shape index (κ2) is 8.96. The lowest BCUT2D eigenvalue weighted by molar-refractivity contribution is -0.142. The number of para-hydroxylation sites is 2. The molecule has 0 aliphatic rings. The molecule has 2 aromatic carbocycles. The van der Waals surface area contributed by atoms with Gasteiger partial charge in [0.15, 0.2) is 11.4 Å². The molecule has 1 atom stereocenters. The molecule has 0 saturated heterocycles. The van der Waals surface area contributed by atoms with E-state index in [0.717, 1.165) is 28.4 Å². The third kappa shape index (κ3) is 4.50. The Morgan fingerprint density at radius 1 is 1.13 bits per heavy atom. The third-order valence-electron chi connectivity index (χ3n) is 5.55. The molecule has 1 unspecified atom stereocenters. The molecule has 1 amide bonds. The van der Waals surface area contributed by atoms with Crippen LogP contribution < -0.4 is 5.32 Å². The fourth-order valence-electron chi connectivity index (χ4n) is 3.75. The van der Waals surface area contributed by atoms with Gasteiger partial charge in [-0.2, -0.15) is 13.2 Å². The average molecular weight is 429 g/mol. The molecule has 0 spiro atoms. The number of alkyl halides is 3. The Kier molecular flexibility index (Phi) is 6.53. The summed E-state index contributed by atoms with van der Waals surface area (Å²) in [5.74, 6) is -0.733. The van der Waals surface area contributed by atoms with E-state index in [4.69, 9.17) is 0 Å². The van der Waals surface area contributed by atoms with Crippen LogP contribution in [0.4, 0.5) is 18.9 Å². The first-order valence-electron chi connectivity index (χ1n) is 10.3. The van der Waals surface area contributed by atoms with Gasteiger partial charge >= 0.3 is 6.18 Å². The summed E-state index contributed by atoms with van der Waals surface area (Å²) in [4.78, 5) is 16.8. The van der Waals surface area contributed by atoms with Crippen molar-refractivity contribution in [2.45, 2.75) is 52.6 Å². The first-order chi connectivity index (χ1) is 14.7. The summed E-state index contributed by atoms with van der Waals surface area (Å²) >= 11 is 0. The average Bonchev–Trinajstić information content (AvgIpc) is 3.18. The lowest BCUT2D eigenvalue weighted by Crippen LogP contribution is -2.22. The van der Waals surface area contributed by atoms with Crippen LogP contribution in [0.1, 0.15) is 66.0 Å². The molecule has 3 aromatic rings.